The topological polar surface area (TPSA) is 96.5 Å². The number of para-hydroxylation sites is 5. The first-order valence-corrected chi connectivity index (χ1v) is 14.7. The van der Waals surface area contributed by atoms with Crippen molar-refractivity contribution < 1.29 is 14.6 Å². The summed E-state index contributed by atoms with van der Waals surface area (Å²) in [5.41, 5.74) is 6.11. The molecule has 0 amide bonds. The number of aromatic hydroxyl groups is 1. The van der Waals surface area contributed by atoms with E-state index in [2.05, 4.69) is 16.3 Å². The van der Waals surface area contributed by atoms with Crippen LogP contribution in [0, 0.1) is 6.92 Å². The van der Waals surface area contributed by atoms with Gasteiger partial charge in [-0.1, -0.05) is 48.5 Å². The van der Waals surface area contributed by atoms with Crippen LogP contribution < -0.4 is 19.7 Å². The van der Waals surface area contributed by atoms with Gasteiger partial charge in [-0.3, -0.25) is 0 Å². The minimum absolute atomic E-state index is 0.0905. The minimum Gasteiger partial charge on any atom is -0.504 e. The summed E-state index contributed by atoms with van der Waals surface area (Å²) < 4.78 is 13.7. The van der Waals surface area contributed by atoms with E-state index < -0.39 is 0 Å². The van der Waals surface area contributed by atoms with Gasteiger partial charge in [-0.15, -0.1) is 0 Å². The Balaban J connectivity index is 1.49. The van der Waals surface area contributed by atoms with Gasteiger partial charge in [-0.2, -0.15) is 5.10 Å². The Morgan fingerprint density at radius 1 is 0.818 bits per heavy atom. The molecule has 9 heteroatoms. The Morgan fingerprint density at radius 2 is 1.55 bits per heavy atom. The van der Waals surface area contributed by atoms with Gasteiger partial charge in [0.15, 0.2) is 29.0 Å². The van der Waals surface area contributed by atoms with Crippen LogP contribution in [0.15, 0.2) is 107 Å². The van der Waals surface area contributed by atoms with Crippen molar-refractivity contribution in [2.75, 3.05) is 23.4 Å². The summed E-state index contributed by atoms with van der Waals surface area (Å²) in [6.07, 6.45) is 0. The maximum atomic E-state index is 10.6. The number of aromatic nitrogens is 2. The number of aliphatic imine (C=N–C) groups is 2. The highest BCUT2D eigenvalue weighted by atomic mass is 16.5. The summed E-state index contributed by atoms with van der Waals surface area (Å²) in [5, 5.41) is 19.2. The zero-order chi connectivity index (χ0) is 30.2. The fourth-order valence-corrected chi connectivity index (χ4v) is 5.81. The number of amidine groups is 2. The molecule has 0 spiro atoms. The molecule has 3 heterocycles. The van der Waals surface area contributed by atoms with Gasteiger partial charge in [0.05, 0.1) is 47.7 Å². The number of ether oxygens (including phenoxy) is 2. The van der Waals surface area contributed by atoms with Crippen LogP contribution in [0.5, 0.6) is 17.2 Å². The molecule has 2 aliphatic rings. The van der Waals surface area contributed by atoms with Gasteiger partial charge in [0.1, 0.15) is 5.75 Å². The Kier molecular flexibility index (Phi) is 6.98. The summed E-state index contributed by atoms with van der Waals surface area (Å²) in [6, 6.07) is 31.0. The van der Waals surface area contributed by atoms with Crippen molar-refractivity contribution in [3.8, 4) is 22.9 Å². The zero-order valence-corrected chi connectivity index (χ0v) is 24.7. The smallest absolute Gasteiger partial charge is 0.179 e. The Hall–Kier alpha value is -5.57. The van der Waals surface area contributed by atoms with E-state index in [0.717, 1.165) is 45.3 Å². The third-order valence-electron chi connectivity index (χ3n) is 7.68. The van der Waals surface area contributed by atoms with Crippen LogP contribution in [-0.2, 0) is 0 Å². The number of phenolic OH excluding ortho intramolecular Hbond substituents is 1. The van der Waals surface area contributed by atoms with E-state index in [9.17, 15) is 5.11 Å². The van der Waals surface area contributed by atoms with Crippen LogP contribution in [0.3, 0.4) is 0 Å². The summed E-state index contributed by atoms with van der Waals surface area (Å²) in [6.45, 7) is 6.84. The van der Waals surface area contributed by atoms with Crippen LogP contribution in [0.25, 0.3) is 5.69 Å². The van der Waals surface area contributed by atoms with E-state index in [1.54, 1.807) is 6.07 Å². The second kappa shape index (κ2) is 11.3. The highest BCUT2D eigenvalue weighted by Crippen LogP contribution is 2.49. The number of hydrogen-bond acceptors (Lipinski definition) is 8. The van der Waals surface area contributed by atoms with Crippen molar-refractivity contribution in [2.24, 2.45) is 9.98 Å². The van der Waals surface area contributed by atoms with Gasteiger partial charge >= 0.3 is 0 Å². The lowest BCUT2D eigenvalue weighted by Crippen LogP contribution is -2.46. The first-order chi connectivity index (χ1) is 21.6. The van der Waals surface area contributed by atoms with Gasteiger partial charge < -0.3 is 24.8 Å². The molecule has 1 aromatic heterocycles. The van der Waals surface area contributed by atoms with E-state index in [1.165, 1.54) is 0 Å². The number of rotatable bonds is 7. The van der Waals surface area contributed by atoms with E-state index in [1.807, 2.05) is 110 Å². The van der Waals surface area contributed by atoms with E-state index in [4.69, 9.17) is 24.6 Å². The van der Waals surface area contributed by atoms with E-state index >= 15 is 0 Å². The third kappa shape index (κ3) is 4.63. The summed E-state index contributed by atoms with van der Waals surface area (Å²) in [5.74, 6) is 3.16. The maximum Gasteiger partial charge on any atom is 0.179 e. The van der Waals surface area contributed by atoms with Crippen molar-refractivity contribution in [3.05, 3.63) is 114 Å². The van der Waals surface area contributed by atoms with Crippen LogP contribution in [-0.4, -0.2) is 39.8 Å². The SMILES string of the molecule is CCOc1cc([C@H]2c3c(C)nn(-c4ccccc4)c3N=C3C(Nc4ccccc4OCC)=Nc4ccccc4N32)ccc1O. The number of fused-ring (bicyclic) bond motifs is 4. The number of phenols is 1. The molecule has 0 radical (unpaired) electrons. The fourth-order valence-electron chi connectivity index (χ4n) is 5.81. The van der Waals surface area contributed by atoms with Crippen molar-refractivity contribution in [1.82, 2.24) is 9.78 Å². The summed E-state index contributed by atoms with van der Waals surface area (Å²) in [4.78, 5) is 12.6. The molecule has 44 heavy (non-hydrogen) atoms. The van der Waals surface area contributed by atoms with Crippen LogP contribution in [0.1, 0.15) is 36.7 Å². The molecule has 0 unspecified atom stereocenters. The van der Waals surface area contributed by atoms with Crippen molar-refractivity contribution in [2.45, 2.75) is 26.8 Å². The van der Waals surface area contributed by atoms with Crippen molar-refractivity contribution in [3.63, 3.8) is 0 Å². The lowest BCUT2D eigenvalue weighted by atomic mass is 9.93. The fraction of sp³-hybridized carbons (Fsp3) is 0.171. The molecule has 0 saturated heterocycles. The quantitative estimate of drug-likeness (QED) is 0.206. The average Bonchev–Trinajstić information content (AvgIpc) is 3.38. The predicted octanol–water partition coefficient (Wildman–Crippen LogP) is 7.48. The molecule has 7 rings (SSSR count). The highest BCUT2D eigenvalue weighted by Gasteiger charge is 2.41. The molecule has 0 bridgehead atoms. The van der Waals surface area contributed by atoms with Gasteiger partial charge in [-0.25, -0.2) is 14.7 Å². The Labute approximate surface area is 255 Å². The Bertz CT molecular complexity index is 1910. The molecular formula is C35H32N6O3. The normalized spacial score (nSPS) is 15.0. The molecule has 0 saturated carbocycles. The van der Waals surface area contributed by atoms with Gasteiger partial charge in [-0.05, 0) is 74.9 Å². The lowest BCUT2D eigenvalue weighted by molar-refractivity contribution is 0.317. The maximum absolute atomic E-state index is 10.6. The number of nitrogens with one attached hydrogen (secondary N) is 1. The van der Waals surface area contributed by atoms with Crippen molar-refractivity contribution in [1.29, 1.82) is 0 Å². The summed E-state index contributed by atoms with van der Waals surface area (Å²) >= 11 is 0. The first kappa shape index (κ1) is 27.3. The van der Waals surface area contributed by atoms with Crippen molar-refractivity contribution >= 4 is 34.6 Å². The average molecular weight is 585 g/mol. The Morgan fingerprint density at radius 3 is 2.36 bits per heavy atom. The molecular weight excluding hydrogens is 552 g/mol. The van der Waals surface area contributed by atoms with Gasteiger partial charge in [0.25, 0.3) is 0 Å². The lowest BCUT2D eigenvalue weighted by Gasteiger charge is -2.40. The van der Waals surface area contributed by atoms with Crippen LogP contribution in [0.4, 0.5) is 22.9 Å². The minimum atomic E-state index is -0.356. The van der Waals surface area contributed by atoms with Crippen LogP contribution >= 0.6 is 0 Å². The molecule has 220 valence electrons. The molecule has 0 fully saturated rings. The monoisotopic (exact) mass is 584 g/mol. The highest BCUT2D eigenvalue weighted by molar-refractivity contribution is 6.51. The standard InChI is InChI=1S/C35H32N6O3/c1-4-43-29-18-12-10-16-26(29)37-33-35-38-34-31(22(3)39-41(34)24-13-7-6-8-14-24)32(23-19-20-28(42)30(21-23)44-5-2)40(35)27-17-11-9-15-25(27)36-33/h6-21,32,42H,4-5H2,1-3H3,(H,36,37)/t32-/m0/s1. The number of aryl methyl sites for hydroxylation is 1. The van der Waals surface area contributed by atoms with E-state index in [-0.39, 0.29) is 11.8 Å². The molecule has 4 aromatic carbocycles. The molecule has 0 aliphatic carbocycles. The predicted molar refractivity (Wildman–Crippen MR) is 174 cm³/mol. The van der Waals surface area contributed by atoms with E-state index in [0.29, 0.717) is 36.5 Å². The molecule has 1 atom stereocenters. The second-order valence-corrected chi connectivity index (χ2v) is 10.4. The number of nitrogens with zero attached hydrogens (tertiary/aromatic N) is 5. The third-order valence-corrected chi connectivity index (χ3v) is 7.68. The summed E-state index contributed by atoms with van der Waals surface area (Å²) in [7, 11) is 0. The second-order valence-electron chi connectivity index (χ2n) is 10.4. The number of benzene rings is 4. The largest absolute Gasteiger partial charge is 0.504 e. The molecule has 5 aromatic rings. The van der Waals surface area contributed by atoms with Gasteiger partial charge in [0, 0.05) is 5.56 Å². The number of hydrogen-bond donors (Lipinski definition) is 2. The molecule has 9 nitrogen and oxygen atoms in total. The van der Waals surface area contributed by atoms with Gasteiger partial charge in [0.2, 0.25) is 0 Å². The first-order valence-electron chi connectivity index (χ1n) is 14.7. The molecule has 2 N–H and O–H groups in total. The molecule has 2 aliphatic heterocycles. The number of anilines is 2. The zero-order valence-electron chi connectivity index (χ0n) is 24.7. The van der Waals surface area contributed by atoms with Crippen LogP contribution in [0.2, 0.25) is 0 Å².